The van der Waals surface area contributed by atoms with Crippen LogP contribution in [0.25, 0.3) is 22.3 Å². The maximum absolute atomic E-state index is 15.1. The van der Waals surface area contributed by atoms with Crippen molar-refractivity contribution in [3.8, 4) is 22.9 Å². The number of aliphatic carboxylic acids is 1. The molecule has 228 valence electrons. The molecule has 1 fully saturated rings. The highest BCUT2D eigenvalue weighted by Crippen LogP contribution is 2.57. The lowest BCUT2D eigenvalue weighted by atomic mass is 9.60. The Kier molecular flexibility index (Phi) is 7.03. The summed E-state index contributed by atoms with van der Waals surface area (Å²) in [6.45, 7) is 0. The molecule has 8 nitrogen and oxygen atoms in total. The van der Waals surface area contributed by atoms with E-state index in [9.17, 15) is 22.0 Å². The van der Waals surface area contributed by atoms with Gasteiger partial charge < -0.3 is 19.8 Å². The summed E-state index contributed by atoms with van der Waals surface area (Å²) >= 11 is 0. The molecule has 1 aliphatic rings. The van der Waals surface area contributed by atoms with E-state index in [-0.39, 0.29) is 45.8 Å². The molecule has 0 unspecified atom stereocenters. The topological polar surface area (TPSA) is 125 Å². The Morgan fingerprint density at radius 2 is 1.84 bits per heavy atom. The van der Waals surface area contributed by atoms with E-state index in [2.05, 4.69) is 15.0 Å². The Morgan fingerprint density at radius 1 is 1.07 bits per heavy atom. The number of aryl methyl sites for hydroxylation is 1. The summed E-state index contributed by atoms with van der Waals surface area (Å²) < 4.78 is 89.9. The molecule has 2 heterocycles. The number of aromatic amines is 2. The Bertz CT molecular complexity index is 2030. The standard InChI is InChI=1S/C31H25F4N3O5S/c1-44(41,42)28-20-9-10-36-24(20)13-23(33)27(28)43-19-6-7-22(32)21(12-19)29-37-14-25(38-29)30(15-31(34,35)16-30)18-4-2-3-17(11-18)5-8-26(39)40/h2-4,6-7,9-14,36H,5,8,15-16H2,1H3,(H,37,38)(H,39,40). The number of nitrogens with one attached hydrogen (secondary N) is 2. The number of ether oxygens (including phenoxy) is 1. The average molecular weight is 628 g/mol. The number of benzene rings is 3. The molecule has 0 saturated heterocycles. The lowest BCUT2D eigenvalue weighted by Gasteiger charge is -2.47. The van der Waals surface area contributed by atoms with Gasteiger partial charge in [-0.15, -0.1) is 0 Å². The summed E-state index contributed by atoms with van der Waals surface area (Å²) in [6, 6.07) is 12.8. The third-order valence-electron chi connectivity index (χ3n) is 7.82. The van der Waals surface area contributed by atoms with Crippen LogP contribution in [0, 0.1) is 11.6 Å². The minimum absolute atomic E-state index is 0.00975. The van der Waals surface area contributed by atoms with Crippen molar-refractivity contribution in [2.75, 3.05) is 6.26 Å². The molecule has 6 rings (SSSR count). The second kappa shape index (κ2) is 10.5. The van der Waals surface area contributed by atoms with Gasteiger partial charge in [0.05, 0.1) is 5.56 Å². The van der Waals surface area contributed by atoms with Gasteiger partial charge in [0.1, 0.15) is 22.3 Å². The summed E-state index contributed by atoms with van der Waals surface area (Å²) in [5, 5.41) is 9.26. The first-order valence-corrected chi connectivity index (χ1v) is 15.4. The predicted octanol–water partition coefficient (Wildman–Crippen LogP) is 6.76. The SMILES string of the molecule is CS(=O)(=O)c1c(Oc2ccc(F)c(-c3ncc(C4(c5cccc(CCC(=O)O)c5)CC(F)(F)C4)[nH]3)c2)c(F)cc2[nH]ccc12. The summed E-state index contributed by atoms with van der Waals surface area (Å²) in [7, 11) is -3.97. The van der Waals surface area contributed by atoms with Crippen LogP contribution in [-0.2, 0) is 26.5 Å². The Balaban J connectivity index is 1.37. The molecule has 1 aliphatic carbocycles. The second-order valence-corrected chi connectivity index (χ2v) is 13.0. The fourth-order valence-corrected chi connectivity index (χ4v) is 6.86. The fraction of sp³-hybridized carbons (Fsp3) is 0.226. The quantitative estimate of drug-likeness (QED) is 0.155. The van der Waals surface area contributed by atoms with E-state index in [1.54, 1.807) is 24.3 Å². The molecule has 0 radical (unpaired) electrons. The first-order valence-electron chi connectivity index (χ1n) is 13.5. The van der Waals surface area contributed by atoms with E-state index < -0.39 is 57.4 Å². The number of hydrogen-bond acceptors (Lipinski definition) is 5. The molecular formula is C31H25F4N3O5S. The summed E-state index contributed by atoms with van der Waals surface area (Å²) in [5.74, 6) is -6.29. The molecule has 1 saturated carbocycles. The molecule has 13 heteroatoms. The van der Waals surface area contributed by atoms with Crippen LogP contribution in [0.1, 0.15) is 36.1 Å². The van der Waals surface area contributed by atoms with Crippen LogP contribution in [0.3, 0.4) is 0 Å². The van der Waals surface area contributed by atoms with Crippen molar-refractivity contribution >= 4 is 26.7 Å². The number of nitrogens with zero attached hydrogens (tertiary/aromatic N) is 1. The molecule has 0 atom stereocenters. The molecule has 3 N–H and O–H groups in total. The van der Waals surface area contributed by atoms with Gasteiger partial charge in [-0.05, 0) is 41.8 Å². The van der Waals surface area contributed by atoms with Crippen molar-refractivity contribution in [3.05, 3.63) is 95.4 Å². The first-order chi connectivity index (χ1) is 20.8. The zero-order chi connectivity index (χ0) is 31.4. The van der Waals surface area contributed by atoms with Crippen molar-refractivity contribution in [2.45, 2.75) is 41.9 Å². The normalized spacial score (nSPS) is 15.7. The number of H-pyrrole nitrogens is 2. The smallest absolute Gasteiger partial charge is 0.303 e. The van der Waals surface area contributed by atoms with Gasteiger partial charge in [-0.3, -0.25) is 4.79 Å². The number of carboxylic acids is 1. The van der Waals surface area contributed by atoms with Crippen molar-refractivity contribution in [3.63, 3.8) is 0 Å². The van der Waals surface area contributed by atoms with Crippen molar-refractivity contribution in [1.29, 1.82) is 0 Å². The van der Waals surface area contributed by atoms with Gasteiger partial charge in [0.2, 0.25) is 0 Å². The number of hydrogen-bond donors (Lipinski definition) is 3. The van der Waals surface area contributed by atoms with E-state index in [1.165, 1.54) is 30.6 Å². The highest BCUT2D eigenvalue weighted by Gasteiger charge is 2.59. The number of alkyl halides is 2. The summed E-state index contributed by atoms with van der Waals surface area (Å²) in [6.07, 6.45) is 2.76. The zero-order valence-electron chi connectivity index (χ0n) is 23.1. The number of aromatic nitrogens is 3. The predicted molar refractivity (Wildman–Crippen MR) is 153 cm³/mol. The van der Waals surface area contributed by atoms with Crippen molar-refractivity contribution in [1.82, 2.24) is 15.0 Å². The molecule has 0 bridgehead atoms. The number of carbonyl (C=O) groups is 1. The maximum Gasteiger partial charge on any atom is 0.303 e. The van der Waals surface area contributed by atoms with Crippen molar-refractivity contribution < 1.29 is 40.6 Å². The van der Waals surface area contributed by atoms with Gasteiger partial charge in [0.15, 0.2) is 21.4 Å². The molecule has 0 aliphatic heterocycles. The molecule has 44 heavy (non-hydrogen) atoms. The van der Waals surface area contributed by atoms with Gasteiger partial charge in [0, 0.05) is 66.0 Å². The van der Waals surface area contributed by atoms with Gasteiger partial charge in [-0.25, -0.2) is 31.0 Å². The minimum Gasteiger partial charge on any atom is -0.481 e. The largest absolute Gasteiger partial charge is 0.481 e. The molecular weight excluding hydrogens is 602 g/mol. The fourth-order valence-electron chi connectivity index (χ4n) is 5.81. The molecule has 0 amide bonds. The van der Waals surface area contributed by atoms with Crippen LogP contribution < -0.4 is 4.74 Å². The van der Waals surface area contributed by atoms with E-state index in [4.69, 9.17) is 9.84 Å². The van der Waals surface area contributed by atoms with Gasteiger partial charge in [-0.2, -0.15) is 0 Å². The van der Waals surface area contributed by atoms with E-state index >= 15 is 8.78 Å². The van der Waals surface area contributed by atoms with Gasteiger partial charge >= 0.3 is 5.97 Å². The number of imidazole rings is 1. The number of halogens is 4. The lowest BCUT2D eigenvalue weighted by molar-refractivity contribution is -0.136. The Morgan fingerprint density at radius 3 is 2.55 bits per heavy atom. The maximum atomic E-state index is 15.1. The summed E-state index contributed by atoms with van der Waals surface area (Å²) in [5.41, 5.74) is 0.479. The molecule has 3 aromatic carbocycles. The van der Waals surface area contributed by atoms with Crippen molar-refractivity contribution in [2.24, 2.45) is 0 Å². The Hall–Kier alpha value is -4.65. The average Bonchev–Trinajstić information content (AvgIpc) is 3.61. The van der Waals surface area contributed by atoms with Crippen LogP contribution in [0.5, 0.6) is 11.5 Å². The number of carboxylic acid groups (broad SMARTS) is 1. The molecule has 5 aromatic rings. The number of rotatable bonds is 9. The zero-order valence-corrected chi connectivity index (χ0v) is 23.9. The minimum atomic E-state index is -3.97. The molecule has 2 aromatic heterocycles. The number of sulfone groups is 1. The lowest BCUT2D eigenvalue weighted by Crippen LogP contribution is -2.50. The first kappa shape index (κ1) is 29.4. The van der Waals surface area contributed by atoms with E-state index in [1.807, 2.05) is 0 Å². The van der Waals surface area contributed by atoms with Crippen LogP contribution in [0.4, 0.5) is 17.6 Å². The van der Waals surface area contributed by atoms with E-state index in [0.29, 0.717) is 16.8 Å². The Labute approximate surface area is 248 Å². The second-order valence-electron chi connectivity index (χ2n) is 11.0. The highest BCUT2D eigenvalue weighted by atomic mass is 32.2. The third-order valence-corrected chi connectivity index (χ3v) is 8.97. The van der Waals surface area contributed by atoms with Gasteiger partial charge in [-0.1, -0.05) is 24.3 Å². The third kappa shape index (κ3) is 5.32. The summed E-state index contributed by atoms with van der Waals surface area (Å²) in [4.78, 5) is 20.7. The monoisotopic (exact) mass is 627 g/mol. The van der Waals surface area contributed by atoms with E-state index in [0.717, 1.165) is 18.4 Å². The van der Waals surface area contributed by atoms with Crippen LogP contribution in [-0.4, -0.2) is 46.6 Å². The highest BCUT2D eigenvalue weighted by molar-refractivity contribution is 7.91. The van der Waals surface area contributed by atoms with Gasteiger partial charge in [0.25, 0.3) is 5.92 Å². The van der Waals surface area contributed by atoms with Crippen LogP contribution in [0.2, 0.25) is 0 Å². The number of fused-ring (bicyclic) bond motifs is 1. The van der Waals surface area contributed by atoms with Crippen LogP contribution in [0.15, 0.2) is 71.9 Å². The molecule has 0 spiro atoms. The van der Waals surface area contributed by atoms with Crippen LogP contribution >= 0.6 is 0 Å².